The highest BCUT2D eigenvalue weighted by atomic mass is 79.9. The first-order valence-electron chi connectivity index (χ1n) is 5.61. The predicted molar refractivity (Wildman–Crippen MR) is 69.5 cm³/mol. The largest absolute Gasteiger partial charge is 0.325 e. The Balaban J connectivity index is 2.42. The Bertz CT molecular complexity index is 428. The summed E-state index contributed by atoms with van der Waals surface area (Å²) < 4.78 is 1.03. The third kappa shape index (κ3) is 1.88. The summed E-state index contributed by atoms with van der Waals surface area (Å²) in [5, 5.41) is 2.95. The van der Waals surface area contributed by atoms with E-state index in [1.54, 1.807) is 0 Å². The van der Waals surface area contributed by atoms with Crippen LogP contribution in [0.2, 0.25) is 0 Å². The molecule has 1 N–H and O–H groups in total. The van der Waals surface area contributed by atoms with Crippen molar-refractivity contribution in [1.82, 2.24) is 0 Å². The fourth-order valence-corrected chi connectivity index (χ4v) is 2.54. The lowest BCUT2D eigenvalue weighted by Gasteiger charge is -2.21. The van der Waals surface area contributed by atoms with Gasteiger partial charge in [-0.1, -0.05) is 36.7 Å². The van der Waals surface area contributed by atoms with Crippen molar-refractivity contribution in [3.8, 4) is 0 Å². The molecule has 0 bridgehead atoms. The van der Waals surface area contributed by atoms with Crippen molar-refractivity contribution in [3.63, 3.8) is 0 Å². The summed E-state index contributed by atoms with van der Waals surface area (Å²) in [5.41, 5.74) is 2.09. The molecule has 1 aromatic rings. The Morgan fingerprint density at radius 3 is 2.62 bits per heavy atom. The maximum absolute atomic E-state index is 12.0. The Hall–Kier alpha value is -0.830. The number of benzene rings is 1. The number of carbonyl (C=O) groups excluding carboxylic acids is 1. The molecule has 0 fully saturated rings. The number of anilines is 1. The minimum absolute atomic E-state index is 0.00694. The van der Waals surface area contributed by atoms with E-state index < -0.39 is 0 Å². The number of fused-ring (bicyclic) bond motifs is 1. The summed E-state index contributed by atoms with van der Waals surface area (Å²) in [6.45, 7) is 6.47. The van der Waals surface area contributed by atoms with E-state index in [-0.39, 0.29) is 11.8 Å². The van der Waals surface area contributed by atoms with E-state index in [0.29, 0.717) is 11.8 Å². The van der Waals surface area contributed by atoms with Crippen LogP contribution >= 0.6 is 15.9 Å². The molecule has 86 valence electrons. The van der Waals surface area contributed by atoms with Crippen molar-refractivity contribution < 1.29 is 4.79 Å². The molecule has 1 aliphatic rings. The van der Waals surface area contributed by atoms with Gasteiger partial charge >= 0.3 is 0 Å². The quantitative estimate of drug-likeness (QED) is 0.878. The van der Waals surface area contributed by atoms with E-state index in [4.69, 9.17) is 0 Å². The summed E-state index contributed by atoms with van der Waals surface area (Å²) in [4.78, 5) is 12.0. The third-order valence-corrected chi connectivity index (χ3v) is 3.96. The average molecular weight is 282 g/mol. The Labute approximate surface area is 105 Å². The lowest BCUT2D eigenvalue weighted by atomic mass is 9.81. The number of amides is 1. The first kappa shape index (κ1) is 11.6. The van der Waals surface area contributed by atoms with E-state index in [2.05, 4.69) is 48.1 Å². The van der Waals surface area contributed by atoms with Gasteiger partial charge < -0.3 is 5.32 Å². The average Bonchev–Trinajstić information content (AvgIpc) is 2.52. The Kier molecular flexibility index (Phi) is 3.06. The third-order valence-electron chi connectivity index (χ3n) is 3.47. The molecule has 0 aliphatic carbocycles. The molecule has 2 nitrogen and oxygen atoms in total. The van der Waals surface area contributed by atoms with Crippen LogP contribution in [0.3, 0.4) is 0 Å². The fraction of sp³-hybridized carbons (Fsp3) is 0.462. The molecule has 1 aromatic carbocycles. The molecule has 0 spiro atoms. The van der Waals surface area contributed by atoms with Crippen molar-refractivity contribution in [1.29, 1.82) is 0 Å². The molecule has 2 rings (SSSR count). The Morgan fingerprint density at radius 1 is 1.31 bits per heavy atom. The summed E-state index contributed by atoms with van der Waals surface area (Å²) in [5.74, 6) is 0.984. The van der Waals surface area contributed by atoms with Gasteiger partial charge in [0.2, 0.25) is 5.91 Å². The molecule has 1 amide bonds. The van der Waals surface area contributed by atoms with Crippen LogP contribution in [0.5, 0.6) is 0 Å². The van der Waals surface area contributed by atoms with Crippen molar-refractivity contribution in [2.75, 3.05) is 5.32 Å². The molecule has 0 saturated heterocycles. The van der Waals surface area contributed by atoms with Gasteiger partial charge in [0.15, 0.2) is 0 Å². The molecule has 0 saturated carbocycles. The van der Waals surface area contributed by atoms with Gasteiger partial charge in [0.25, 0.3) is 0 Å². The predicted octanol–water partition coefficient (Wildman–Crippen LogP) is 3.78. The van der Waals surface area contributed by atoms with Crippen LogP contribution in [0.15, 0.2) is 22.7 Å². The van der Waals surface area contributed by atoms with Gasteiger partial charge in [-0.15, -0.1) is 0 Å². The van der Waals surface area contributed by atoms with Crippen LogP contribution in [-0.2, 0) is 4.79 Å². The van der Waals surface area contributed by atoms with Crippen LogP contribution in [0, 0.1) is 11.8 Å². The summed E-state index contributed by atoms with van der Waals surface area (Å²) >= 11 is 3.46. The first-order chi connectivity index (χ1) is 7.50. The smallest absolute Gasteiger partial charge is 0.232 e. The molecular formula is C13H16BrNO. The van der Waals surface area contributed by atoms with E-state index >= 15 is 0 Å². The SMILES string of the molecule is CC(C)C(C)C1C(=O)Nc2ccc(Br)cc21. The number of rotatable bonds is 2. The maximum atomic E-state index is 12.0. The highest BCUT2D eigenvalue weighted by molar-refractivity contribution is 9.10. The minimum Gasteiger partial charge on any atom is -0.325 e. The maximum Gasteiger partial charge on any atom is 0.232 e. The van der Waals surface area contributed by atoms with Gasteiger partial charge in [0.1, 0.15) is 0 Å². The number of hydrogen-bond acceptors (Lipinski definition) is 1. The zero-order valence-corrected chi connectivity index (χ0v) is 11.3. The van der Waals surface area contributed by atoms with Gasteiger partial charge in [-0.05, 0) is 35.6 Å². The van der Waals surface area contributed by atoms with Crippen LogP contribution in [0.1, 0.15) is 32.3 Å². The van der Waals surface area contributed by atoms with E-state index in [0.717, 1.165) is 15.7 Å². The van der Waals surface area contributed by atoms with Gasteiger partial charge in [-0.2, -0.15) is 0 Å². The van der Waals surface area contributed by atoms with Crippen molar-refractivity contribution >= 4 is 27.5 Å². The normalized spacial score (nSPS) is 20.8. The van der Waals surface area contributed by atoms with Gasteiger partial charge in [-0.25, -0.2) is 0 Å². The van der Waals surface area contributed by atoms with Crippen LogP contribution in [-0.4, -0.2) is 5.91 Å². The molecule has 1 aliphatic heterocycles. The van der Waals surface area contributed by atoms with Crippen molar-refractivity contribution in [2.45, 2.75) is 26.7 Å². The standard InChI is InChI=1S/C13H16BrNO/c1-7(2)8(3)12-10-6-9(14)4-5-11(10)15-13(12)16/h4-8,12H,1-3H3,(H,15,16). The highest BCUT2D eigenvalue weighted by Gasteiger charge is 2.35. The van der Waals surface area contributed by atoms with Gasteiger partial charge in [0, 0.05) is 10.2 Å². The van der Waals surface area contributed by atoms with Gasteiger partial charge in [-0.3, -0.25) is 4.79 Å². The lowest BCUT2D eigenvalue weighted by molar-refractivity contribution is -0.118. The second-order valence-electron chi connectivity index (χ2n) is 4.80. The number of hydrogen-bond donors (Lipinski definition) is 1. The monoisotopic (exact) mass is 281 g/mol. The molecule has 16 heavy (non-hydrogen) atoms. The van der Waals surface area contributed by atoms with Gasteiger partial charge in [0.05, 0.1) is 5.92 Å². The lowest BCUT2D eigenvalue weighted by Crippen LogP contribution is -2.22. The van der Waals surface area contributed by atoms with Crippen LogP contribution in [0.4, 0.5) is 5.69 Å². The van der Waals surface area contributed by atoms with Crippen LogP contribution < -0.4 is 5.32 Å². The highest BCUT2D eigenvalue weighted by Crippen LogP contribution is 2.40. The molecule has 0 aromatic heterocycles. The van der Waals surface area contributed by atoms with Crippen molar-refractivity contribution in [2.24, 2.45) is 11.8 Å². The zero-order chi connectivity index (χ0) is 11.9. The molecule has 0 radical (unpaired) electrons. The first-order valence-corrected chi connectivity index (χ1v) is 6.40. The number of carbonyl (C=O) groups is 1. The summed E-state index contributed by atoms with van der Waals surface area (Å²) in [6, 6.07) is 5.97. The molecule has 2 atom stereocenters. The second kappa shape index (κ2) is 4.21. The molecule has 1 heterocycles. The number of halogens is 1. The van der Waals surface area contributed by atoms with E-state index in [1.807, 2.05) is 12.1 Å². The van der Waals surface area contributed by atoms with E-state index in [9.17, 15) is 4.79 Å². The molecule has 2 unspecified atom stereocenters. The topological polar surface area (TPSA) is 29.1 Å². The molecule has 3 heteroatoms. The number of nitrogens with one attached hydrogen (secondary N) is 1. The van der Waals surface area contributed by atoms with Crippen LogP contribution in [0.25, 0.3) is 0 Å². The summed E-state index contributed by atoms with van der Waals surface area (Å²) in [7, 11) is 0. The molecular weight excluding hydrogens is 266 g/mol. The second-order valence-corrected chi connectivity index (χ2v) is 5.72. The van der Waals surface area contributed by atoms with Crippen molar-refractivity contribution in [3.05, 3.63) is 28.2 Å². The van der Waals surface area contributed by atoms with E-state index in [1.165, 1.54) is 0 Å². The zero-order valence-electron chi connectivity index (χ0n) is 9.75. The fourth-order valence-electron chi connectivity index (χ4n) is 2.16. The summed E-state index contributed by atoms with van der Waals surface area (Å²) in [6.07, 6.45) is 0. The Morgan fingerprint density at radius 2 is 2.00 bits per heavy atom. The minimum atomic E-state index is -0.00694.